The Labute approximate surface area is 113 Å². The molecule has 0 unspecified atom stereocenters. The molecule has 0 aliphatic heterocycles. The van der Waals surface area contributed by atoms with Crippen LogP contribution in [0, 0.1) is 0 Å². The minimum Gasteiger partial charge on any atom is -0.389 e. The molecule has 18 heavy (non-hydrogen) atoms. The summed E-state index contributed by atoms with van der Waals surface area (Å²) >= 11 is 5.12. The second-order valence-electron chi connectivity index (χ2n) is 3.96. The van der Waals surface area contributed by atoms with Crippen molar-refractivity contribution in [2.24, 2.45) is 5.73 Å². The molecule has 0 bridgehead atoms. The zero-order chi connectivity index (χ0) is 13.0. The van der Waals surface area contributed by atoms with Gasteiger partial charge in [0.05, 0.1) is 5.69 Å². The molecule has 2 rings (SSSR count). The van der Waals surface area contributed by atoms with E-state index in [0.717, 1.165) is 23.5 Å². The Bertz CT molecular complexity index is 537. The highest BCUT2D eigenvalue weighted by atomic mass is 32.1. The maximum atomic E-state index is 5.79. The van der Waals surface area contributed by atoms with E-state index in [-0.39, 0.29) is 0 Å². The largest absolute Gasteiger partial charge is 0.389 e. The molecule has 2 N–H and O–H groups in total. The van der Waals surface area contributed by atoms with Crippen molar-refractivity contribution in [3.8, 4) is 0 Å². The number of anilines is 2. The van der Waals surface area contributed by atoms with Gasteiger partial charge < -0.3 is 10.6 Å². The third-order valence-corrected chi connectivity index (χ3v) is 3.06. The van der Waals surface area contributed by atoms with Crippen molar-refractivity contribution in [2.75, 3.05) is 11.4 Å². The summed E-state index contributed by atoms with van der Waals surface area (Å²) in [6.07, 6.45) is 0. The molecule has 0 spiro atoms. The second kappa shape index (κ2) is 5.65. The first-order chi connectivity index (χ1) is 8.74. The van der Waals surface area contributed by atoms with E-state index < -0.39 is 0 Å². The zero-order valence-corrected chi connectivity index (χ0v) is 11.2. The topological polar surface area (TPSA) is 29.3 Å². The van der Waals surface area contributed by atoms with Crippen LogP contribution >= 0.6 is 12.2 Å². The van der Waals surface area contributed by atoms with Crippen molar-refractivity contribution in [3.63, 3.8) is 0 Å². The van der Waals surface area contributed by atoms with Crippen molar-refractivity contribution in [3.05, 3.63) is 60.2 Å². The smallest absolute Gasteiger partial charge is 0.106 e. The monoisotopic (exact) mass is 256 g/mol. The molecule has 0 saturated carbocycles. The van der Waals surface area contributed by atoms with Crippen molar-refractivity contribution in [1.82, 2.24) is 0 Å². The van der Waals surface area contributed by atoms with Crippen LogP contribution in [0.1, 0.15) is 12.5 Å². The third kappa shape index (κ3) is 2.51. The van der Waals surface area contributed by atoms with Crippen LogP contribution in [-0.2, 0) is 0 Å². The van der Waals surface area contributed by atoms with Gasteiger partial charge in [-0.15, -0.1) is 0 Å². The van der Waals surface area contributed by atoms with E-state index in [0.29, 0.717) is 4.99 Å². The van der Waals surface area contributed by atoms with E-state index in [1.807, 2.05) is 42.5 Å². The fourth-order valence-corrected chi connectivity index (χ4v) is 2.19. The normalized spacial score (nSPS) is 10.1. The quantitative estimate of drug-likeness (QED) is 0.849. The minimum absolute atomic E-state index is 0.431. The SMILES string of the molecule is CCN(c1ccccc1)c1ccccc1C(N)=S. The minimum atomic E-state index is 0.431. The molecule has 0 fully saturated rings. The number of hydrogen-bond acceptors (Lipinski definition) is 2. The van der Waals surface area contributed by atoms with Gasteiger partial charge in [0.15, 0.2) is 0 Å². The lowest BCUT2D eigenvalue weighted by atomic mass is 10.1. The molecule has 0 aromatic heterocycles. The van der Waals surface area contributed by atoms with Crippen LogP contribution in [0.2, 0.25) is 0 Å². The first-order valence-corrected chi connectivity index (χ1v) is 6.36. The molecule has 0 amide bonds. The van der Waals surface area contributed by atoms with E-state index in [9.17, 15) is 0 Å². The van der Waals surface area contributed by atoms with Gasteiger partial charge in [-0.05, 0) is 31.2 Å². The van der Waals surface area contributed by atoms with Crippen molar-refractivity contribution >= 4 is 28.6 Å². The molecule has 0 saturated heterocycles. The molecular weight excluding hydrogens is 240 g/mol. The first kappa shape index (κ1) is 12.6. The van der Waals surface area contributed by atoms with E-state index in [1.165, 1.54) is 0 Å². The highest BCUT2D eigenvalue weighted by molar-refractivity contribution is 7.80. The number of benzene rings is 2. The molecule has 0 atom stereocenters. The molecule has 92 valence electrons. The van der Waals surface area contributed by atoms with Crippen LogP contribution in [-0.4, -0.2) is 11.5 Å². The zero-order valence-electron chi connectivity index (χ0n) is 10.3. The average molecular weight is 256 g/mol. The molecule has 2 aromatic rings. The average Bonchev–Trinajstić information content (AvgIpc) is 2.41. The highest BCUT2D eigenvalue weighted by Crippen LogP contribution is 2.27. The van der Waals surface area contributed by atoms with Gasteiger partial charge in [0.1, 0.15) is 4.99 Å². The maximum absolute atomic E-state index is 5.79. The molecule has 2 aromatic carbocycles. The van der Waals surface area contributed by atoms with E-state index in [2.05, 4.69) is 24.0 Å². The van der Waals surface area contributed by atoms with Gasteiger partial charge in [0.2, 0.25) is 0 Å². The van der Waals surface area contributed by atoms with Gasteiger partial charge in [-0.3, -0.25) is 0 Å². The number of rotatable bonds is 4. The van der Waals surface area contributed by atoms with E-state index in [4.69, 9.17) is 18.0 Å². The van der Waals surface area contributed by atoms with Crippen LogP contribution in [0.25, 0.3) is 0 Å². The number of hydrogen-bond donors (Lipinski definition) is 1. The number of nitrogens with zero attached hydrogens (tertiary/aromatic N) is 1. The van der Waals surface area contributed by atoms with Crippen molar-refractivity contribution in [2.45, 2.75) is 6.92 Å². The third-order valence-electron chi connectivity index (χ3n) is 2.84. The van der Waals surface area contributed by atoms with Gasteiger partial charge in [-0.25, -0.2) is 0 Å². The standard InChI is InChI=1S/C15H16N2S/c1-2-17(12-8-4-3-5-9-12)14-11-7-6-10-13(14)15(16)18/h3-11H,2H2,1H3,(H2,16,18). The van der Waals surface area contributed by atoms with Crippen LogP contribution in [0.5, 0.6) is 0 Å². The predicted octanol–water partition coefficient (Wildman–Crippen LogP) is 3.48. The molecule has 0 heterocycles. The Hall–Kier alpha value is -1.87. The highest BCUT2D eigenvalue weighted by Gasteiger charge is 2.12. The summed E-state index contributed by atoms with van der Waals surface area (Å²) in [6, 6.07) is 18.2. The first-order valence-electron chi connectivity index (χ1n) is 5.95. The Morgan fingerprint density at radius 2 is 1.67 bits per heavy atom. The van der Waals surface area contributed by atoms with Crippen LogP contribution in [0.4, 0.5) is 11.4 Å². The molecule has 0 radical (unpaired) electrons. The molecule has 3 heteroatoms. The summed E-state index contributed by atoms with van der Waals surface area (Å²) in [6.45, 7) is 2.98. The summed E-state index contributed by atoms with van der Waals surface area (Å²) in [5.74, 6) is 0. The summed E-state index contributed by atoms with van der Waals surface area (Å²) in [7, 11) is 0. The fraction of sp³-hybridized carbons (Fsp3) is 0.133. The van der Waals surface area contributed by atoms with Crippen molar-refractivity contribution < 1.29 is 0 Å². The summed E-state index contributed by atoms with van der Waals surface area (Å²) in [5.41, 5.74) is 8.90. The summed E-state index contributed by atoms with van der Waals surface area (Å²) < 4.78 is 0. The van der Waals surface area contributed by atoms with Crippen LogP contribution < -0.4 is 10.6 Å². The van der Waals surface area contributed by atoms with E-state index in [1.54, 1.807) is 0 Å². The maximum Gasteiger partial charge on any atom is 0.106 e. The van der Waals surface area contributed by atoms with Gasteiger partial charge in [0.25, 0.3) is 0 Å². The second-order valence-corrected chi connectivity index (χ2v) is 4.40. The van der Waals surface area contributed by atoms with Crippen molar-refractivity contribution in [1.29, 1.82) is 0 Å². The lowest BCUT2D eigenvalue weighted by Crippen LogP contribution is -2.21. The van der Waals surface area contributed by atoms with Gasteiger partial charge >= 0.3 is 0 Å². The number of para-hydroxylation sites is 2. The molecular formula is C15H16N2S. The molecule has 0 aliphatic carbocycles. The Morgan fingerprint density at radius 1 is 1.06 bits per heavy atom. The lowest BCUT2D eigenvalue weighted by Gasteiger charge is -2.25. The Morgan fingerprint density at radius 3 is 2.28 bits per heavy atom. The molecule has 2 nitrogen and oxygen atoms in total. The fourth-order valence-electron chi connectivity index (χ4n) is 2.02. The number of nitrogens with two attached hydrogens (primary N) is 1. The number of thiocarbonyl (C=S) groups is 1. The Kier molecular flexibility index (Phi) is 3.95. The molecule has 0 aliphatic rings. The van der Waals surface area contributed by atoms with Crippen LogP contribution in [0.3, 0.4) is 0 Å². The van der Waals surface area contributed by atoms with Gasteiger partial charge in [0, 0.05) is 17.8 Å². The lowest BCUT2D eigenvalue weighted by molar-refractivity contribution is 1.02. The predicted molar refractivity (Wildman–Crippen MR) is 81.5 cm³/mol. The van der Waals surface area contributed by atoms with Crippen LogP contribution in [0.15, 0.2) is 54.6 Å². The summed E-state index contributed by atoms with van der Waals surface area (Å²) in [4.78, 5) is 2.63. The van der Waals surface area contributed by atoms with E-state index >= 15 is 0 Å². The van der Waals surface area contributed by atoms with Gasteiger partial charge in [-0.2, -0.15) is 0 Å². The van der Waals surface area contributed by atoms with Gasteiger partial charge in [-0.1, -0.05) is 42.5 Å². The summed E-state index contributed by atoms with van der Waals surface area (Å²) in [5, 5.41) is 0. The Balaban J connectivity index is 2.49.